The third kappa shape index (κ3) is 1.41. The van der Waals surface area contributed by atoms with Gasteiger partial charge >= 0.3 is 11.9 Å². The number of aliphatic carboxylic acids is 1. The molecule has 1 N–H and O–H groups in total. The van der Waals surface area contributed by atoms with Gasteiger partial charge in [-0.05, 0) is 19.3 Å². The Hall–Kier alpha value is -1.06. The van der Waals surface area contributed by atoms with Crippen LogP contribution in [0.1, 0.15) is 19.3 Å². The molecule has 0 aromatic rings. The Bertz CT molecular complexity index is 248. The number of carboxylic acid groups (broad SMARTS) is 1. The molecule has 0 amide bonds. The summed E-state index contributed by atoms with van der Waals surface area (Å²) in [6.45, 7) is 0.496. The fourth-order valence-corrected chi connectivity index (χ4v) is 2.24. The van der Waals surface area contributed by atoms with Crippen LogP contribution < -0.4 is 0 Å². The van der Waals surface area contributed by atoms with Crippen LogP contribution in [0.15, 0.2) is 0 Å². The normalized spacial score (nSPS) is 38.2. The summed E-state index contributed by atoms with van der Waals surface area (Å²) >= 11 is 0. The monoisotopic (exact) mass is 184 g/mol. The molecule has 3 unspecified atom stereocenters. The van der Waals surface area contributed by atoms with Crippen molar-refractivity contribution in [3.05, 3.63) is 0 Å². The Morgan fingerprint density at radius 1 is 1.46 bits per heavy atom. The fourth-order valence-electron chi connectivity index (χ4n) is 2.24. The van der Waals surface area contributed by atoms with Crippen molar-refractivity contribution >= 4 is 11.9 Å². The zero-order chi connectivity index (χ0) is 9.42. The van der Waals surface area contributed by atoms with Gasteiger partial charge in [-0.2, -0.15) is 0 Å². The van der Waals surface area contributed by atoms with E-state index in [0.29, 0.717) is 19.4 Å². The Balaban J connectivity index is 2.05. The highest BCUT2D eigenvalue weighted by molar-refractivity contribution is 5.77. The summed E-state index contributed by atoms with van der Waals surface area (Å²) < 4.78 is 4.90. The molecule has 2 fully saturated rings. The topological polar surface area (TPSA) is 63.6 Å². The van der Waals surface area contributed by atoms with E-state index in [0.717, 1.165) is 6.42 Å². The minimum atomic E-state index is -0.779. The minimum Gasteiger partial charge on any atom is -0.481 e. The average molecular weight is 184 g/mol. The zero-order valence-electron chi connectivity index (χ0n) is 7.23. The van der Waals surface area contributed by atoms with Crippen molar-refractivity contribution in [2.24, 2.45) is 17.8 Å². The number of hydrogen-bond donors (Lipinski definition) is 1. The van der Waals surface area contributed by atoms with Gasteiger partial charge in [0.15, 0.2) is 0 Å². The second kappa shape index (κ2) is 3.01. The van der Waals surface area contributed by atoms with E-state index in [1.165, 1.54) is 0 Å². The predicted molar refractivity (Wildman–Crippen MR) is 42.9 cm³/mol. The van der Waals surface area contributed by atoms with E-state index in [-0.39, 0.29) is 23.7 Å². The van der Waals surface area contributed by atoms with Crippen LogP contribution in [0.4, 0.5) is 0 Å². The van der Waals surface area contributed by atoms with Crippen molar-refractivity contribution in [2.75, 3.05) is 6.61 Å². The van der Waals surface area contributed by atoms with Gasteiger partial charge in [0.25, 0.3) is 0 Å². The number of carboxylic acids is 1. The first-order valence-corrected chi connectivity index (χ1v) is 4.58. The van der Waals surface area contributed by atoms with Crippen molar-refractivity contribution in [3.63, 3.8) is 0 Å². The molecular weight excluding hydrogens is 172 g/mol. The van der Waals surface area contributed by atoms with Gasteiger partial charge < -0.3 is 9.84 Å². The molecule has 13 heavy (non-hydrogen) atoms. The molecule has 4 heteroatoms. The van der Waals surface area contributed by atoms with E-state index in [1.807, 2.05) is 0 Å². The van der Waals surface area contributed by atoms with Crippen LogP contribution in [-0.4, -0.2) is 23.7 Å². The molecule has 2 rings (SSSR count). The van der Waals surface area contributed by atoms with Crippen molar-refractivity contribution < 1.29 is 19.4 Å². The Morgan fingerprint density at radius 2 is 2.23 bits per heavy atom. The third-order valence-electron chi connectivity index (χ3n) is 3.09. The van der Waals surface area contributed by atoms with Crippen molar-refractivity contribution in [3.8, 4) is 0 Å². The minimum absolute atomic E-state index is 0.144. The second-order valence-electron chi connectivity index (χ2n) is 3.84. The predicted octanol–water partition coefficient (Wildman–Crippen LogP) is 0.660. The number of ether oxygens (including phenoxy) is 1. The van der Waals surface area contributed by atoms with Crippen LogP contribution in [0.3, 0.4) is 0 Å². The number of carbonyl (C=O) groups excluding carboxylic acids is 1. The number of cyclic esters (lactones) is 1. The van der Waals surface area contributed by atoms with Gasteiger partial charge in [0, 0.05) is 5.92 Å². The summed E-state index contributed by atoms with van der Waals surface area (Å²) in [5.41, 5.74) is 0. The summed E-state index contributed by atoms with van der Waals surface area (Å²) in [5, 5.41) is 8.79. The van der Waals surface area contributed by atoms with Crippen molar-refractivity contribution in [2.45, 2.75) is 19.3 Å². The molecule has 4 nitrogen and oxygen atoms in total. The van der Waals surface area contributed by atoms with E-state index < -0.39 is 5.97 Å². The highest BCUT2D eigenvalue weighted by atomic mass is 16.5. The lowest BCUT2D eigenvalue weighted by atomic mass is 9.76. The van der Waals surface area contributed by atoms with Gasteiger partial charge in [-0.1, -0.05) is 0 Å². The van der Waals surface area contributed by atoms with E-state index in [2.05, 4.69) is 0 Å². The van der Waals surface area contributed by atoms with Crippen LogP contribution in [0.2, 0.25) is 0 Å². The van der Waals surface area contributed by atoms with Gasteiger partial charge in [0.05, 0.1) is 18.4 Å². The first kappa shape index (κ1) is 8.53. The molecule has 1 saturated heterocycles. The molecule has 3 atom stereocenters. The largest absolute Gasteiger partial charge is 0.481 e. The maximum Gasteiger partial charge on any atom is 0.309 e. The average Bonchev–Trinajstić information content (AvgIpc) is 2.47. The summed E-state index contributed by atoms with van der Waals surface area (Å²) in [7, 11) is 0. The van der Waals surface area contributed by atoms with E-state index in [4.69, 9.17) is 9.84 Å². The number of fused-ring (bicyclic) bond motifs is 1. The van der Waals surface area contributed by atoms with E-state index in [9.17, 15) is 9.59 Å². The molecule has 0 bridgehead atoms. The molecule has 1 aliphatic heterocycles. The van der Waals surface area contributed by atoms with Gasteiger partial charge in [-0.3, -0.25) is 9.59 Å². The van der Waals surface area contributed by atoms with Gasteiger partial charge in [0.1, 0.15) is 0 Å². The quantitative estimate of drug-likeness (QED) is 0.608. The molecule has 0 radical (unpaired) electrons. The second-order valence-corrected chi connectivity index (χ2v) is 3.84. The highest BCUT2D eigenvalue weighted by Crippen LogP contribution is 2.38. The Morgan fingerprint density at radius 3 is 2.92 bits per heavy atom. The molecule has 1 saturated carbocycles. The summed E-state index contributed by atoms with van der Waals surface area (Å²) in [6, 6.07) is 0. The third-order valence-corrected chi connectivity index (χ3v) is 3.09. The number of rotatable bonds is 1. The summed E-state index contributed by atoms with van der Waals surface area (Å²) in [6.07, 6.45) is 1.97. The lowest BCUT2D eigenvalue weighted by Gasteiger charge is -2.25. The van der Waals surface area contributed by atoms with Crippen LogP contribution in [0, 0.1) is 17.8 Å². The van der Waals surface area contributed by atoms with Gasteiger partial charge in [-0.15, -0.1) is 0 Å². The molecule has 72 valence electrons. The molecular formula is C9H12O4. The molecule has 0 spiro atoms. The Kier molecular flexibility index (Phi) is 1.98. The van der Waals surface area contributed by atoms with Crippen LogP contribution >= 0.6 is 0 Å². The lowest BCUT2D eigenvalue weighted by Crippen LogP contribution is -2.29. The lowest BCUT2D eigenvalue weighted by molar-refractivity contribution is -0.145. The maximum atomic E-state index is 11.2. The van der Waals surface area contributed by atoms with Gasteiger partial charge in [0.2, 0.25) is 0 Å². The molecule has 0 aromatic heterocycles. The SMILES string of the molecule is O=C(O)C1CCC2COC(=O)C2C1. The van der Waals surface area contributed by atoms with Crippen LogP contribution in [0.25, 0.3) is 0 Å². The van der Waals surface area contributed by atoms with Crippen molar-refractivity contribution in [1.82, 2.24) is 0 Å². The van der Waals surface area contributed by atoms with E-state index in [1.54, 1.807) is 0 Å². The standard InChI is InChI=1S/C9H12O4/c10-8(11)5-1-2-6-4-13-9(12)7(6)3-5/h5-7H,1-4H2,(H,10,11). The molecule has 1 heterocycles. The summed E-state index contributed by atoms with van der Waals surface area (Å²) in [4.78, 5) is 21.9. The summed E-state index contributed by atoms with van der Waals surface area (Å²) in [5.74, 6) is -1.18. The van der Waals surface area contributed by atoms with E-state index >= 15 is 0 Å². The number of hydrogen-bond acceptors (Lipinski definition) is 3. The first-order chi connectivity index (χ1) is 6.18. The zero-order valence-corrected chi connectivity index (χ0v) is 7.23. The molecule has 1 aliphatic carbocycles. The number of esters is 1. The van der Waals surface area contributed by atoms with Crippen molar-refractivity contribution in [1.29, 1.82) is 0 Å². The van der Waals surface area contributed by atoms with Crippen LogP contribution in [0.5, 0.6) is 0 Å². The Labute approximate surface area is 75.9 Å². The fraction of sp³-hybridized carbons (Fsp3) is 0.778. The highest BCUT2D eigenvalue weighted by Gasteiger charge is 2.43. The maximum absolute atomic E-state index is 11.2. The smallest absolute Gasteiger partial charge is 0.309 e. The molecule has 2 aliphatic rings. The van der Waals surface area contributed by atoms with Crippen LogP contribution in [-0.2, 0) is 14.3 Å². The van der Waals surface area contributed by atoms with Gasteiger partial charge in [-0.25, -0.2) is 0 Å². The molecule has 0 aromatic carbocycles. The number of carbonyl (C=O) groups is 2. The first-order valence-electron chi connectivity index (χ1n) is 4.58.